The number of ether oxygens (including phenoxy) is 1. The average molecular weight is 270 g/mol. The number of nitrogen functional groups attached to an aromatic ring is 1. The Hall–Kier alpha value is -1.63. The van der Waals surface area contributed by atoms with Gasteiger partial charge in [-0.3, -0.25) is 4.90 Å². The summed E-state index contributed by atoms with van der Waals surface area (Å²) in [5.41, 5.74) is 8.22. The van der Waals surface area contributed by atoms with E-state index < -0.39 is 0 Å². The molecule has 1 saturated heterocycles. The van der Waals surface area contributed by atoms with Crippen LogP contribution in [0.1, 0.15) is 28.8 Å². The maximum absolute atomic E-state index is 11.3. The van der Waals surface area contributed by atoms with E-state index in [9.17, 15) is 4.79 Å². The highest BCUT2D eigenvalue weighted by atomic mass is 16.5. The summed E-state index contributed by atoms with van der Waals surface area (Å²) in [5.74, 6) is -0.343. The summed E-state index contributed by atoms with van der Waals surface area (Å²) in [5, 5.41) is 0. The lowest BCUT2D eigenvalue weighted by molar-refractivity contribution is 0.0601. The van der Waals surface area contributed by atoms with Crippen molar-refractivity contribution in [2.24, 2.45) is 0 Å². The zero-order valence-corrected chi connectivity index (χ0v) is 11.1. The van der Waals surface area contributed by atoms with E-state index in [0.717, 1.165) is 25.2 Å². The molecule has 0 atom stereocenters. The minimum atomic E-state index is -0.343. The van der Waals surface area contributed by atoms with Crippen molar-refractivity contribution in [3.05, 3.63) is 29.3 Å². The number of likely N-dealkylation sites (tertiary alicyclic amines) is 1. The summed E-state index contributed by atoms with van der Waals surface area (Å²) in [4.78, 5) is 13.7. The Morgan fingerprint density at radius 3 is 2.47 bits per heavy atom. The Morgan fingerprint density at radius 2 is 1.95 bits per heavy atom. The third-order valence-corrected chi connectivity index (χ3v) is 3.16. The van der Waals surface area contributed by atoms with Crippen molar-refractivity contribution in [3.63, 3.8) is 0 Å². The summed E-state index contributed by atoms with van der Waals surface area (Å²) in [6.45, 7) is 3.14. The number of carbonyl (C=O) groups excluding carboxylic acids is 1. The van der Waals surface area contributed by atoms with Crippen LogP contribution in [-0.4, -0.2) is 42.0 Å². The van der Waals surface area contributed by atoms with Gasteiger partial charge in [-0.25, -0.2) is 4.79 Å². The normalized spacial score (nSPS) is 14.4. The van der Waals surface area contributed by atoms with Crippen LogP contribution < -0.4 is 5.73 Å². The molecule has 1 aliphatic rings. The van der Waals surface area contributed by atoms with Gasteiger partial charge in [-0.2, -0.15) is 0 Å². The molecule has 1 aliphatic heterocycles. The van der Waals surface area contributed by atoms with Crippen LogP contribution in [0.15, 0.2) is 18.2 Å². The molecule has 0 spiro atoms. The van der Waals surface area contributed by atoms with Gasteiger partial charge < -0.3 is 21.4 Å². The highest BCUT2D eigenvalue weighted by molar-refractivity contribution is 5.90. The van der Waals surface area contributed by atoms with Gasteiger partial charge in [0.25, 0.3) is 0 Å². The molecule has 108 valence electrons. The van der Waals surface area contributed by atoms with Crippen molar-refractivity contribution in [2.45, 2.75) is 19.4 Å². The second kappa shape index (κ2) is 7.73. The number of benzene rings is 1. The lowest BCUT2D eigenvalue weighted by atomic mass is 10.1. The maximum Gasteiger partial charge on any atom is 0.337 e. The summed E-state index contributed by atoms with van der Waals surface area (Å²) in [6, 6.07) is 5.38. The van der Waals surface area contributed by atoms with E-state index in [1.54, 1.807) is 12.1 Å². The van der Waals surface area contributed by atoms with Crippen molar-refractivity contribution in [1.29, 1.82) is 0 Å². The van der Waals surface area contributed by atoms with Crippen LogP contribution in [-0.2, 0) is 11.3 Å². The third-order valence-electron chi connectivity index (χ3n) is 3.16. The molecule has 1 aromatic carbocycles. The zero-order chi connectivity index (χ0) is 12.3. The fourth-order valence-electron chi connectivity index (χ4n) is 2.17. The van der Waals surface area contributed by atoms with Crippen molar-refractivity contribution >= 4 is 11.7 Å². The quantitative estimate of drug-likeness (QED) is 0.614. The van der Waals surface area contributed by atoms with E-state index in [1.807, 2.05) is 6.07 Å². The number of nitrogens with two attached hydrogens (primary N) is 1. The number of hydrogen-bond donors (Lipinski definition) is 1. The van der Waals surface area contributed by atoms with Gasteiger partial charge in [0.1, 0.15) is 0 Å². The first kappa shape index (κ1) is 17.4. The molecule has 0 saturated carbocycles. The van der Waals surface area contributed by atoms with E-state index in [2.05, 4.69) is 9.64 Å². The first-order valence-corrected chi connectivity index (χ1v) is 5.90. The summed E-state index contributed by atoms with van der Waals surface area (Å²) >= 11 is 0. The molecule has 0 amide bonds. The van der Waals surface area contributed by atoms with Crippen LogP contribution in [0.2, 0.25) is 0 Å². The lowest BCUT2D eigenvalue weighted by Crippen LogP contribution is -2.19. The van der Waals surface area contributed by atoms with Gasteiger partial charge in [-0.15, -0.1) is 0 Å². The highest BCUT2D eigenvalue weighted by Gasteiger charge is 2.14. The van der Waals surface area contributed by atoms with E-state index in [1.165, 1.54) is 20.0 Å². The number of hydrogen-bond acceptors (Lipinski definition) is 4. The standard InChI is InChI=1S/C13H18N2O2.2H2O/c1-17-13(16)10-4-5-11(12(14)8-10)9-15-6-2-3-7-15;;/h4-5,8H,2-3,6-7,9,14H2,1H3;2*1H2. The van der Waals surface area contributed by atoms with Gasteiger partial charge in [-0.05, 0) is 43.6 Å². The first-order valence-electron chi connectivity index (χ1n) is 5.90. The smallest absolute Gasteiger partial charge is 0.337 e. The molecule has 19 heavy (non-hydrogen) atoms. The highest BCUT2D eigenvalue weighted by Crippen LogP contribution is 2.19. The Labute approximate surface area is 112 Å². The number of carbonyl (C=O) groups is 1. The van der Waals surface area contributed by atoms with Crippen LogP contribution in [0.4, 0.5) is 5.69 Å². The van der Waals surface area contributed by atoms with Crippen molar-refractivity contribution in [3.8, 4) is 0 Å². The van der Waals surface area contributed by atoms with Crippen LogP contribution in [0, 0.1) is 0 Å². The summed E-state index contributed by atoms with van der Waals surface area (Å²) in [7, 11) is 1.37. The molecule has 0 aliphatic carbocycles. The molecule has 6 N–H and O–H groups in total. The molecule has 1 fully saturated rings. The fourth-order valence-corrected chi connectivity index (χ4v) is 2.17. The number of rotatable bonds is 3. The Morgan fingerprint density at radius 1 is 1.32 bits per heavy atom. The summed E-state index contributed by atoms with van der Waals surface area (Å²) < 4.78 is 4.66. The number of methoxy groups -OCH3 is 1. The average Bonchev–Trinajstić information content (AvgIpc) is 2.83. The molecule has 6 nitrogen and oxygen atoms in total. The molecule has 0 unspecified atom stereocenters. The predicted molar refractivity (Wildman–Crippen MR) is 73.9 cm³/mol. The molecular weight excluding hydrogens is 248 g/mol. The van der Waals surface area contributed by atoms with Crippen LogP contribution >= 0.6 is 0 Å². The Balaban J connectivity index is 0.00000162. The minimum absolute atomic E-state index is 0. The second-order valence-corrected chi connectivity index (χ2v) is 4.39. The SMILES string of the molecule is COC(=O)c1ccc(CN2CCCC2)c(N)c1.O.O. The number of nitrogens with zero attached hydrogens (tertiary/aromatic N) is 1. The fraction of sp³-hybridized carbons (Fsp3) is 0.462. The van der Waals surface area contributed by atoms with Gasteiger partial charge in [0, 0.05) is 12.2 Å². The second-order valence-electron chi connectivity index (χ2n) is 4.39. The Bertz CT molecular complexity index is 417. The van der Waals surface area contributed by atoms with E-state index >= 15 is 0 Å². The van der Waals surface area contributed by atoms with E-state index in [0.29, 0.717) is 11.3 Å². The van der Waals surface area contributed by atoms with Gasteiger partial charge in [0.15, 0.2) is 0 Å². The topological polar surface area (TPSA) is 119 Å². The summed E-state index contributed by atoms with van der Waals surface area (Å²) in [6.07, 6.45) is 2.53. The predicted octanol–water partition coefficient (Wildman–Crippen LogP) is 0.00180. The molecule has 6 heteroatoms. The number of anilines is 1. The minimum Gasteiger partial charge on any atom is -0.465 e. The number of esters is 1. The third kappa shape index (κ3) is 4.20. The van der Waals surface area contributed by atoms with E-state index in [-0.39, 0.29) is 16.9 Å². The van der Waals surface area contributed by atoms with Crippen LogP contribution in [0.25, 0.3) is 0 Å². The van der Waals surface area contributed by atoms with Crippen LogP contribution in [0.5, 0.6) is 0 Å². The molecule has 2 rings (SSSR count). The zero-order valence-electron chi connectivity index (χ0n) is 11.1. The molecule has 1 aromatic rings. The van der Waals surface area contributed by atoms with Gasteiger partial charge >= 0.3 is 5.97 Å². The van der Waals surface area contributed by atoms with Gasteiger partial charge in [0.2, 0.25) is 0 Å². The molecule has 0 aromatic heterocycles. The molecule has 1 heterocycles. The Kier molecular flexibility index (Phi) is 7.06. The van der Waals surface area contributed by atoms with Crippen molar-refractivity contribution in [1.82, 2.24) is 4.90 Å². The van der Waals surface area contributed by atoms with Gasteiger partial charge in [0.05, 0.1) is 12.7 Å². The molecule has 0 bridgehead atoms. The van der Waals surface area contributed by atoms with Gasteiger partial charge in [-0.1, -0.05) is 6.07 Å². The maximum atomic E-state index is 11.3. The first-order chi connectivity index (χ1) is 8.20. The molecular formula is C13H22N2O4. The molecule has 0 radical (unpaired) electrons. The lowest BCUT2D eigenvalue weighted by Gasteiger charge is -2.16. The van der Waals surface area contributed by atoms with Crippen molar-refractivity contribution < 1.29 is 20.5 Å². The van der Waals surface area contributed by atoms with E-state index in [4.69, 9.17) is 5.73 Å². The monoisotopic (exact) mass is 270 g/mol. The van der Waals surface area contributed by atoms with Crippen LogP contribution in [0.3, 0.4) is 0 Å². The largest absolute Gasteiger partial charge is 0.465 e. The van der Waals surface area contributed by atoms with Crippen molar-refractivity contribution in [2.75, 3.05) is 25.9 Å².